The molecule has 0 unspecified atom stereocenters. The molecule has 1 aliphatic heterocycles. The first kappa shape index (κ1) is 41.1. The first-order valence-corrected chi connectivity index (χ1v) is 21.3. The van der Waals surface area contributed by atoms with E-state index in [1.807, 2.05) is 6.20 Å². The number of fused-ring (bicyclic) bond motifs is 4. The Labute approximate surface area is 380 Å². The van der Waals surface area contributed by atoms with Crippen molar-refractivity contribution in [3.05, 3.63) is 211 Å². The number of aromatic nitrogens is 2. The van der Waals surface area contributed by atoms with E-state index in [2.05, 4.69) is 239 Å². The van der Waals surface area contributed by atoms with Crippen molar-refractivity contribution in [2.45, 2.75) is 58.8 Å². The summed E-state index contributed by atoms with van der Waals surface area (Å²) in [4.78, 5) is 9.62. The Morgan fingerprint density at radius 2 is 1.15 bits per heavy atom. The van der Waals surface area contributed by atoms with Crippen LogP contribution in [-0.4, -0.2) is 9.55 Å². The number of nitrogens with zero attached hydrogens (tertiary/aromatic N) is 4. The van der Waals surface area contributed by atoms with Gasteiger partial charge in [0.05, 0.1) is 0 Å². The molecule has 0 N–H and O–H groups in total. The molecule has 0 radical (unpaired) electrons. The molecule has 0 spiro atoms. The Morgan fingerprint density at radius 3 is 1.81 bits per heavy atom. The molecule has 0 saturated carbocycles. The van der Waals surface area contributed by atoms with Gasteiger partial charge in [0.1, 0.15) is 5.82 Å². The van der Waals surface area contributed by atoms with Gasteiger partial charge in [-0.2, -0.15) is 47.0 Å². The molecular formula is C57H49N4Pt-3. The van der Waals surface area contributed by atoms with Gasteiger partial charge in [0, 0.05) is 61.0 Å². The summed E-state index contributed by atoms with van der Waals surface area (Å²) in [5, 5.41) is 2.37. The number of benzene rings is 7. The SMILES string of the molecule is CC(C)(C)c1cc(Cc2[c-]c3c(cc2)c2ccccc2n3-c2cc(C(C)(C)C)ccn2)[c-]c(N2[CH-]N(c3c(-c4ccccc4)cccc3-c3ccccc3)c3ccccc32)c1.[Pt]. The van der Waals surface area contributed by atoms with Crippen LogP contribution in [-0.2, 0) is 38.3 Å². The second-order valence-electron chi connectivity index (χ2n) is 18.2. The molecular weight excluding hydrogens is 936 g/mol. The number of rotatable bonds is 7. The predicted molar refractivity (Wildman–Crippen MR) is 255 cm³/mol. The molecule has 1 aliphatic rings. The summed E-state index contributed by atoms with van der Waals surface area (Å²) in [5.41, 5.74) is 15.9. The zero-order chi connectivity index (χ0) is 41.9. The van der Waals surface area contributed by atoms with Gasteiger partial charge in [-0.15, -0.1) is 23.8 Å². The van der Waals surface area contributed by atoms with E-state index in [0.717, 1.165) is 50.7 Å². The van der Waals surface area contributed by atoms with Gasteiger partial charge in [-0.1, -0.05) is 156 Å². The van der Waals surface area contributed by atoms with Crippen molar-refractivity contribution in [3.8, 4) is 28.1 Å². The quantitative estimate of drug-likeness (QED) is 0.149. The maximum absolute atomic E-state index is 4.92. The minimum atomic E-state index is -0.0955. The van der Waals surface area contributed by atoms with E-state index in [9.17, 15) is 0 Å². The van der Waals surface area contributed by atoms with Crippen molar-refractivity contribution in [1.29, 1.82) is 0 Å². The number of hydrogen-bond acceptors (Lipinski definition) is 3. The molecule has 0 saturated heterocycles. The molecule has 310 valence electrons. The van der Waals surface area contributed by atoms with Crippen molar-refractivity contribution in [3.63, 3.8) is 0 Å². The van der Waals surface area contributed by atoms with E-state index >= 15 is 0 Å². The molecule has 62 heavy (non-hydrogen) atoms. The molecule has 9 aromatic rings. The van der Waals surface area contributed by atoms with Crippen molar-refractivity contribution >= 4 is 44.6 Å². The van der Waals surface area contributed by atoms with Gasteiger partial charge in [0.2, 0.25) is 0 Å². The zero-order valence-electron chi connectivity index (χ0n) is 36.1. The van der Waals surface area contributed by atoms with Crippen LogP contribution in [0.5, 0.6) is 0 Å². The Kier molecular flexibility index (Phi) is 10.8. The smallest absolute Gasteiger partial charge is 0.135 e. The second kappa shape index (κ2) is 16.2. The molecule has 0 bridgehead atoms. The number of anilines is 4. The van der Waals surface area contributed by atoms with Gasteiger partial charge in [-0.05, 0) is 69.7 Å². The average Bonchev–Trinajstić information content (AvgIpc) is 3.82. The van der Waals surface area contributed by atoms with Crippen LogP contribution in [0.3, 0.4) is 0 Å². The molecule has 5 heteroatoms. The Bertz CT molecular complexity index is 3000. The summed E-state index contributed by atoms with van der Waals surface area (Å²) in [6.45, 7) is 15.9. The van der Waals surface area contributed by atoms with E-state index in [1.54, 1.807) is 0 Å². The zero-order valence-corrected chi connectivity index (χ0v) is 38.3. The van der Waals surface area contributed by atoms with Gasteiger partial charge in [0.15, 0.2) is 0 Å². The fraction of sp³-hybridized carbons (Fsp3) is 0.158. The minimum absolute atomic E-state index is 0. The normalized spacial score (nSPS) is 12.8. The summed E-state index contributed by atoms with van der Waals surface area (Å²) < 4.78 is 2.28. The van der Waals surface area contributed by atoms with Gasteiger partial charge < -0.3 is 14.4 Å². The topological polar surface area (TPSA) is 24.3 Å². The van der Waals surface area contributed by atoms with E-state index in [1.165, 1.54) is 44.2 Å². The molecule has 0 fully saturated rings. The van der Waals surface area contributed by atoms with Gasteiger partial charge in [-0.3, -0.25) is 0 Å². The van der Waals surface area contributed by atoms with Crippen molar-refractivity contribution < 1.29 is 21.1 Å². The molecule has 4 nitrogen and oxygen atoms in total. The van der Waals surface area contributed by atoms with Gasteiger partial charge in [-0.25, -0.2) is 4.98 Å². The molecule has 0 aliphatic carbocycles. The Balaban J connectivity index is 0.00000490. The first-order valence-electron chi connectivity index (χ1n) is 21.3. The maximum atomic E-state index is 4.92. The first-order chi connectivity index (χ1) is 29.5. The van der Waals surface area contributed by atoms with Crippen molar-refractivity contribution in [1.82, 2.24) is 9.55 Å². The van der Waals surface area contributed by atoms with Gasteiger partial charge >= 0.3 is 0 Å². The van der Waals surface area contributed by atoms with E-state index in [-0.39, 0.29) is 31.9 Å². The number of para-hydroxylation sites is 4. The van der Waals surface area contributed by atoms with Crippen LogP contribution >= 0.6 is 0 Å². The Hall–Kier alpha value is -6.22. The summed E-state index contributed by atoms with van der Waals surface area (Å²) in [6.07, 6.45) is 2.62. The molecule has 3 heterocycles. The third-order valence-corrected chi connectivity index (χ3v) is 12.0. The van der Waals surface area contributed by atoms with Crippen molar-refractivity contribution in [2.75, 3.05) is 9.80 Å². The third-order valence-electron chi connectivity index (χ3n) is 12.0. The Morgan fingerprint density at radius 1 is 0.532 bits per heavy atom. The van der Waals surface area contributed by atoms with E-state index < -0.39 is 0 Å². The summed E-state index contributed by atoms with van der Waals surface area (Å²) in [5.74, 6) is 0.910. The number of hydrogen-bond donors (Lipinski definition) is 0. The van der Waals surface area contributed by atoms with Crippen LogP contribution in [0.25, 0.3) is 49.9 Å². The monoisotopic (exact) mass is 984 g/mol. The van der Waals surface area contributed by atoms with Crippen molar-refractivity contribution in [2.24, 2.45) is 0 Å². The molecule has 7 aromatic carbocycles. The van der Waals surface area contributed by atoms with Gasteiger partial charge in [0.25, 0.3) is 0 Å². The fourth-order valence-corrected chi connectivity index (χ4v) is 8.75. The van der Waals surface area contributed by atoms with E-state index in [4.69, 9.17) is 4.98 Å². The summed E-state index contributed by atoms with van der Waals surface area (Å²) in [7, 11) is 0. The third kappa shape index (κ3) is 7.56. The minimum Gasteiger partial charge on any atom is -0.493 e. The molecule has 2 aromatic heterocycles. The van der Waals surface area contributed by atoms with E-state index in [0.29, 0.717) is 6.42 Å². The molecule has 10 rings (SSSR count). The maximum Gasteiger partial charge on any atom is 0.135 e. The van der Waals surface area contributed by atoms with Crippen LogP contribution in [0.1, 0.15) is 63.8 Å². The summed E-state index contributed by atoms with van der Waals surface area (Å²) >= 11 is 0. The van der Waals surface area contributed by atoms with Crippen LogP contribution in [0.4, 0.5) is 22.7 Å². The second-order valence-corrected chi connectivity index (χ2v) is 18.2. The fourth-order valence-electron chi connectivity index (χ4n) is 8.75. The van der Waals surface area contributed by atoms with Crippen LogP contribution in [0.15, 0.2) is 170 Å². The van der Waals surface area contributed by atoms with Crippen LogP contribution in [0.2, 0.25) is 0 Å². The standard InChI is InChI=1S/C57H49N4.Pt/c1-56(2,3)43-30-31-58-54(37-43)61-50-25-14-13-22-48(50)49-29-28-39(35-53(49)61)32-40-33-44(57(4,5)6)36-45(34-40)59-38-60(52-27-16-15-26-51(52)59)55-46(41-18-9-7-10-19-41)23-17-24-47(55)42-20-11-8-12-21-42;/h7-31,33,36-38H,32H2,1-6H3;/q-3;. The van der Waals surface area contributed by atoms with Crippen LogP contribution in [0, 0.1) is 18.8 Å². The molecule has 0 amide bonds. The number of pyridine rings is 1. The average molecular weight is 985 g/mol. The summed E-state index contributed by atoms with van der Waals surface area (Å²) in [6, 6.07) is 66.8. The largest absolute Gasteiger partial charge is 0.493 e. The van der Waals surface area contributed by atoms with Crippen LogP contribution < -0.4 is 9.80 Å². The molecule has 0 atom stereocenters. The predicted octanol–water partition coefficient (Wildman–Crippen LogP) is 14.7.